The molecule has 1 saturated heterocycles. The van der Waals surface area contributed by atoms with E-state index in [-0.39, 0.29) is 22.9 Å². The molecule has 1 aliphatic heterocycles. The maximum Gasteiger partial charge on any atom is 0.360 e. The molecule has 0 radical (unpaired) electrons. The molecule has 0 amide bonds. The Bertz CT molecular complexity index is 1190. The molecule has 9 heteroatoms. The van der Waals surface area contributed by atoms with Crippen LogP contribution in [0.2, 0.25) is 0 Å². The second kappa shape index (κ2) is 7.83. The van der Waals surface area contributed by atoms with Crippen LogP contribution in [0.4, 0.5) is 15.8 Å². The summed E-state index contributed by atoms with van der Waals surface area (Å²) in [5.74, 6) is -0.669. The van der Waals surface area contributed by atoms with Gasteiger partial charge in [0.2, 0.25) is 0 Å². The van der Waals surface area contributed by atoms with Gasteiger partial charge in [-0.3, -0.25) is 0 Å². The van der Waals surface area contributed by atoms with Crippen molar-refractivity contribution in [3.05, 3.63) is 58.2 Å². The Morgan fingerprint density at radius 2 is 1.90 bits per heavy atom. The molecule has 0 spiro atoms. The summed E-state index contributed by atoms with van der Waals surface area (Å²) in [6.07, 6.45) is 0. The molecular formula is C21H20FN3O4S. The normalized spacial score (nSPS) is 14.2. The molecule has 1 fully saturated rings. The number of rotatable bonds is 2. The van der Waals surface area contributed by atoms with Crippen LogP contribution in [0.15, 0.2) is 45.6 Å². The van der Waals surface area contributed by atoms with Gasteiger partial charge in [0.25, 0.3) is 0 Å². The number of halogens is 1. The van der Waals surface area contributed by atoms with Gasteiger partial charge in [-0.2, -0.15) is 0 Å². The van der Waals surface area contributed by atoms with E-state index in [2.05, 4.69) is 5.32 Å². The van der Waals surface area contributed by atoms with Gasteiger partial charge in [-0.25, -0.2) is 9.18 Å². The first-order valence-corrected chi connectivity index (χ1v) is 9.80. The summed E-state index contributed by atoms with van der Waals surface area (Å²) in [7, 11) is 0. The number of nitrogens with zero attached hydrogens (tertiary/aromatic N) is 2. The summed E-state index contributed by atoms with van der Waals surface area (Å²) in [4.78, 5) is 16.5. The molecule has 0 saturated carbocycles. The third-order valence-electron chi connectivity index (χ3n) is 5.15. The van der Waals surface area contributed by atoms with Crippen LogP contribution in [-0.4, -0.2) is 46.4 Å². The van der Waals surface area contributed by atoms with Gasteiger partial charge in [-0.05, 0) is 42.9 Å². The van der Waals surface area contributed by atoms with Crippen LogP contribution >= 0.6 is 12.2 Å². The molecule has 2 heterocycles. The predicted octanol–water partition coefficient (Wildman–Crippen LogP) is 3.17. The quantitative estimate of drug-likeness (QED) is 0.423. The fraction of sp³-hybridized carbons (Fsp3) is 0.238. The summed E-state index contributed by atoms with van der Waals surface area (Å²) >= 11 is 5.44. The standard InChI is InChI=1S/C21H20FN3O4S/c1-12-18-16(27)10-15(26)11-17(18)29-20(28)19(12)24-5-7-25(8-6-24)21(30)23-14-4-2-3-13(22)9-14/h2-4,9-11,26-27H,5-8H2,1H3,(H,23,30). The Balaban J connectivity index is 1.52. The molecule has 0 atom stereocenters. The topological polar surface area (TPSA) is 89.2 Å². The fourth-order valence-corrected chi connectivity index (χ4v) is 4.03. The second-order valence-electron chi connectivity index (χ2n) is 7.12. The highest BCUT2D eigenvalue weighted by Gasteiger charge is 2.25. The Morgan fingerprint density at radius 1 is 1.17 bits per heavy atom. The van der Waals surface area contributed by atoms with Gasteiger partial charge in [0.05, 0.1) is 5.39 Å². The predicted molar refractivity (Wildman–Crippen MR) is 117 cm³/mol. The lowest BCUT2D eigenvalue weighted by Gasteiger charge is -2.37. The molecule has 0 unspecified atom stereocenters. The van der Waals surface area contributed by atoms with E-state index in [0.29, 0.717) is 53.6 Å². The number of phenolic OH excluding ortho intramolecular Hbond substituents is 2. The van der Waals surface area contributed by atoms with E-state index in [1.807, 2.05) is 9.80 Å². The van der Waals surface area contributed by atoms with Crippen molar-refractivity contribution >= 4 is 39.7 Å². The number of hydrogen-bond donors (Lipinski definition) is 3. The fourth-order valence-electron chi connectivity index (χ4n) is 3.73. The molecule has 7 nitrogen and oxygen atoms in total. The van der Waals surface area contributed by atoms with Gasteiger partial charge in [0.1, 0.15) is 28.6 Å². The first kappa shape index (κ1) is 20.0. The lowest BCUT2D eigenvalue weighted by molar-refractivity contribution is 0.388. The maximum atomic E-state index is 13.4. The number of fused-ring (bicyclic) bond motifs is 1. The van der Waals surface area contributed by atoms with Crippen molar-refractivity contribution in [3.63, 3.8) is 0 Å². The molecule has 2 aromatic carbocycles. The Hall–Kier alpha value is -3.33. The van der Waals surface area contributed by atoms with Gasteiger partial charge in [0.15, 0.2) is 5.11 Å². The number of phenols is 2. The first-order valence-electron chi connectivity index (χ1n) is 9.39. The molecule has 3 N–H and O–H groups in total. The minimum absolute atomic E-state index is 0.137. The van der Waals surface area contributed by atoms with Crippen molar-refractivity contribution in [2.24, 2.45) is 0 Å². The number of anilines is 2. The van der Waals surface area contributed by atoms with Crippen LogP contribution < -0.4 is 15.8 Å². The molecule has 30 heavy (non-hydrogen) atoms. The molecule has 3 aromatic rings. The van der Waals surface area contributed by atoms with E-state index < -0.39 is 5.63 Å². The monoisotopic (exact) mass is 429 g/mol. The van der Waals surface area contributed by atoms with Crippen LogP contribution in [0.3, 0.4) is 0 Å². The van der Waals surface area contributed by atoms with E-state index in [0.717, 1.165) is 0 Å². The molecule has 1 aromatic heterocycles. The van der Waals surface area contributed by atoms with Crippen LogP contribution in [0, 0.1) is 12.7 Å². The van der Waals surface area contributed by atoms with Crippen molar-refractivity contribution in [3.8, 4) is 11.5 Å². The zero-order valence-electron chi connectivity index (χ0n) is 16.2. The Labute approximate surface area is 177 Å². The van der Waals surface area contributed by atoms with E-state index in [9.17, 15) is 19.4 Å². The first-order chi connectivity index (χ1) is 14.3. The third kappa shape index (κ3) is 3.76. The summed E-state index contributed by atoms with van der Waals surface area (Å²) in [6, 6.07) is 8.60. The zero-order valence-corrected chi connectivity index (χ0v) is 17.0. The number of benzene rings is 2. The summed E-state index contributed by atoms with van der Waals surface area (Å²) in [5, 5.41) is 23.8. The van der Waals surface area contributed by atoms with Gasteiger partial charge in [0, 0.05) is 44.0 Å². The van der Waals surface area contributed by atoms with Gasteiger partial charge in [-0.1, -0.05) is 6.07 Å². The van der Waals surface area contributed by atoms with Crippen molar-refractivity contribution in [2.45, 2.75) is 6.92 Å². The van der Waals surface area contributed by atoms with E-state index in [4.69, 9.17) is 16.6 Å². The summed E-state index contributed by atoms with van der Waals surface area (Å²) in [5.41, 5.74) is 1.16. The number of thiocarbonyl (C=S) groups is 1. The average molecular weight is 429 g/mol. The van der Waals surface area contributed by atoms with Crippen molar-refractivity contribution in [1.29, 1.82) is 0 Å². The number of hydrogen-bond acceptors (Lipinski definition) is 6. The molecule has 156 valence electrons. The highest BCUT2D eigenvalue weighted by atomic mass is 32.1. The highest BCUT2D eigenvalue weighted by molar-refractivity contribution is 7.80. The summed E-state index contributed by atoms with van der Waals surface area (Å²) < 4.78 is 18.7. The molecule has 4 rings (SSSR count). The number of aromatic hydroxyl groups is 2. The van der Waals surface area contributed by atoms with Gasteiger partial charge >= 0.3 is 5.63 Å². The van der Waals surface area contributed by atoms with Crippen LogP contribution in [0.25, 0.3) is 11.0 Å². The Kier molecular flexibility index (Phi) is 5.21. The molecule has 0 aliphatic carbocycles. The van der Waals surface area contributed by atoms with E-state index >= 15 is 0 Å². The van der Waals surface area contributed by atoms with Crippen LogP contribution in [0.1, 0.15) is 5.56 Å². The largest absolute Gasteiger partial charge is 0.508 e. The maximum absolute atomic E-state index is 13.4. The number of aryl methyl sites for hydroxylation is 1. The minimum atomic E-state index is -0.529. The zero-order chi connectivity index (χ0) is 21.4. The molecule has 0 bridgehead atoms. The van der Waals surface area contributed by atoms with Crippen LogP contribution in [-0.2, 0) is 0 Å². The van der Waals surface area contributed by atoms with Gasteiger partial charge < -0.3 is 29.7 Å². The smallest absolute Gasteiger partial charge is 0.360 e. The number of nitrogens with one attached hydrogen (secondary N) is 1. The average Bonchev–Trinajstić information content (AvgIpc) is 2.67. The minimum Gasteiger partial charge on any atom is -0.508 e. The number of piperazine rings is 1. The van der Waals surface area contributed by atoms with E-state index in [1.54, 1.807) is 19.1 Å². The molecular weight excluding hydrogens is 409 g/mol. The highest BCUT2D eigenvalue weighted by Crippen LogP contribution is 2.35. The van der Waals surface area contributed by atoms with Crippen LogP contribution in [0.5, 0.6) is 11.5 Å². The lowest BCUT2D eigenvalue weighted by Crippen LogP contribution is -2.51. The Morgan fingerprint density at radius 3 is 2.60 bits per heavy atom. The second-order valence-corrected chi connectivity index (χ2v) is 7.50. The van der Waals surface area contributed by atoms with Gasteiger partial charge in [-0.15, -0.1) is 0 Å². The molecule has 1 aliphatic rings. The van der Waals surface area contributed by atoms with E-state index in [1.165, 1.54) is 24.3 Å². The van der Waals surface area contributed by atoms with Crippen molar-refractivity contribution in [1.82, 2.24) is 4.90 Å². The SMILES string of the molecule is Cc1c(N2CCN(C(=S)Nc3cccc(F)c3)CC2)c(=O)oc2cc(O)cc(O)c12. The summed E-state index contributed by atoms with van der Waals surface area (Å²) in [6.45, 7) is 3.88. The van der Waals surface area contributed by atoms with Crippen molar-refractivity contribution in [2.75, 3.05) is 36.4 Å². The third-order valence-corrected chi connectivity index (χ3v) is 5.51. The lowest BCUT2D eigenvalue weighted by atomic mass is 10.1. The van der Waals surface area contributed by atoms with Crippen molar-refractivity contribution < 1.29 is 19.0 Å².